The Hall–Kier alpha value is -2.00. The number of aryl methyl sites for hydroxylation is 1. The van der Waals surface area contributed by atoms with Gasteiger partial charge in [0.1, 0.15) is 5.75 Å². The molecule has 1 heterocycles. The lowest BCUT2D eigenvalue weighted by atomic mass is 10.3. The molecule has 2 aromatic rings. The summed E-state index contributed by atoms with van der Waals surface area (Å²) in [5.74, 6) is -0.477. The van der Waals surface area contributed by atoms with Gasteiger partial charge in [-0.25, -0.2) is 13.1 Å². The number of ether oxygens (including phenoxy) is 1. The Morgan fingerprint density at radius 2 is 1.74 bits per heavy atom. The zero-order valence-electron chi connectivity index (χ0n) is 12.4. The second kappa shape index (κ2) is 6.25. The van der Waals surface area contributed by atoms with Crippen LogP contribution in [-0.2, 0) is 23.6 Å². The number of hydrogen-bond acceptors (Lipinski definition) is 3. The monoisotopic (exact) mass is 348 g/mol. The maximum absolute atomic E-state index is 12.1. The van der Waals surface area contributed by atoms with E-state index in [0.717, 1.165) is 35.7 Å². The van der Waals surface area contributed by atoms with Gasteiger partial charge in [0.15, 0.2) is 0 Å². The molecule has 2 rings (SSSR count). The molecule has 0 aliphatic heterocycles. The van der Waals surface area contributed by atoms with Gasteiger partial charge < -0.3 is 9.30 Å². The number of halogens is 3. The van der Waals surface area contributed by atoms with Crippen LogP contribution in [0.4, 0.5) is 13.2 Å². The number of aromatic nitrogens is 1. The van der Waals surface area contributed by atoms with Crippen LogP contribution >= 0.6 is 0 Å². The van der Waals surface area contributed by atoms with Gasteiger partial charge in [0.25, 0.3) is 0 Å². The molecule has 5 nitrogen and oxygen atoms in total. The molecular formula is C14H15F3N2O3S. The summed E-state index contributed by atoms with van der Waals surface area (Å²) in [7, 11) is -2.02. The number of sulfonamides is 1. The second-order valence-electron chi connectivity index (χ2n) is 4.87. The average Bonchev–Trinajstić information content (AvgIpc) is 2.75. The van der Waals surface area contributed by atoms with E-state index >= 15 is 0 Å². The van der Waals surface area contributed by atoms with Crippen molar-refractivity contribution in [2.45, 2.75) is 24.7 Å². The minimum atomic E-state index is -4.82. The highest BCUT2D eigenvalue weighted by Gasteiger charge is 2.31. The van der Waals surface area contributed by atoms with E-state index in [-0.39, 0.29) is 11.4 Å². The van der Waals surface area contributed by atoms with Crippen LogP contribution in [0.1, 0.15) is 11.4 Å². The van der Waals surface area contributed by atoms with Crippen LogP contribution in [0.5, 0.6) is 5.75 Å². The Kier molecular flexibility index (Phi) is 4.71. The lowest BCUT2D eigenvalue weighted by Gasteiger charge is -2.11. The van der Waals surface area contributed by atoms with E-state index in [9.17, 15) is 21.6 Å². The highest BCUT2D eigenvalue weighted by atomic mass is 32.2. The summed E-state index contributed by atoms with van der Waals surface area (Å²) in [5, 5.41) is 0. The van der Waals surface area contributed by atoms with E-state index in [0.29, 0.717) is 0 Å². The summed E-state index contributed by atoms with van der Waals surface area (Å²) in [6, 6.07) is 7.66. The summed E-state index contributed by atoms with van der Waals surface area (Å²) in [6.45, 7) is 1.96. The average molecular weight is 348 g/mol. The van der Waals surface area contributed by atoms with Crippen molar-refractivity contribution in [2.75, 3.05) is 0 Å². The predicted octanol–water partition coefficient (Wildman–Crippen LogP) is 2.71. The molecule has 0 atom stereocenters. The first kappa shape index (κ1) is 17.4. The summed E-state index contributed by atoms with van der Waals surface area (Å²) in [4.78, 5) is -0.141. The van der Waals surface area contributed by atoms with Crippen molar-refractivity contribution in [3.63, 3.8) is 0 Å². The molecule has 0 aliphatic rings. The van der Waals surface area contributed by atoms with Gasteiger partial charge in [0.2, 0.25) is 10.0 Å². The van der Waals surface area contributed by atoms with Gasteiger partial charge in [-0.2, -0.15) is 0 Å². The Morgan fingerprint density at radius 1 is 1.13 bits per heavy atom. The fraction of sp³-hybridized carbons (Fsp3) is 0.286. The molecule has 126 valence electrons. The predicted molar refractivity (Wildman–Crippen MR) is 77.3 cm³/mol. The number of rotatable bonds is 5. The van der Waals surface area contributed by atoms with E-state index < -0.39 is 22.1 Å². The van der Waals surface area contributed by atoms with Crippen molar-refractivity contribution in [2.24, 2.45) is 7.05 Å². The molecule has 0 fully saturated rings. The molecule has 0 radical (unpaired) electrons. The molecule has 1 aromatic carbocycles. The highest BCUT2D eigenvalue weighted by molar-refractivity contribution is 7.89. The third-order valence-corrected chi connectivity index (χ3v) is 4.70. The van der Waals surface area contributed by atoms with E-state index in [1.807, 2.05) is 24.6 Å². The third kappa shape index (κ3) is 4.49. The Balaban J connectivity index is 2.09. The van der Waals surface area contributed by atoms with Gasteiger partial charge in [-0.15, -0.1) is 13.2 Å². The topological polar surface area (TPSA) is 60.3 Å². The highest BCUT2D eigenvalue weighted by Crippen LogP contribution is 2.23. The van der Waals surface area contributed by atoms with Gasteiger partial charge in [0.05, 0.1) is 11.4 Å². The van der Waals surface area contributed by atoms with Crippen molar-refractivity contribution in [1.82, 2.24) is 9.29 Å². The van der Waals surface area contributed by atoms with Crippen LogP contribution < -0.4 is 9.46 Å². The van der Waals surface area contributed by atoms with Gasteiger partial charge in [-0.3, -0.25) is 0 Å². The SMILES string of the molecule is Cc1ccc(CNS(=O)(=O)c2ccc(OC(F)(F)F)cc2)n1C. The van der Waals surface area contributed by atoms with Crippen molar-refractivity contribution in [3.05, 3.63) is 47.8 Å². The first-order valence-corrected chi connectivity index (χ1v) is 8.03. The first-order chi connectivity index (χ1) is 10.6. The number of hydrogen-bond donors (Lipinski definition) is 1. The zero-order chi connectivity index (χ0) is 17.3. The lowest BCUT2D eigenvalue weighted by molar-refractivity contribution is -0.274. The molecule has 0 saturated carbocycles. The molecule has 0 spiro atoms. The second-order valence-corrected chi connectivity index (χ2v) is 6.64. The molecule has 1 N–H and O–H groups in total. The van der Waals surface area contributed by atoms with E-state index in [1.165, 1.54) is 0 Å². The Bertz CT molecular complexity index is 781. The molecule has 0 amide bonds. The summed E-state index contributed by atoms with van der Waals surface area (Å²) >= 11 is 0. The Morgan fingerprint density at radius 3 is 2.22 bits per heavy atom. The molecule has 0 saturated heterocycles. The fourth-order valence-corrected chi connectivity index (χ4v) is 2.92. The zero-order valence-corrected chi connectivity index (χ0v) is 13.2. The summed E-state index contributed by atoms with van der Waals surface area (Å²) < 4.78 is 68.4. The largest absolute Gasteiger partial charge is 0.573 e. The van der Waals surface area contributed by atoms with Crippen LogP contribution in [0.3, 0.4) is 0 Å². The third-order valence-electron chi connectivity index (χ3n) is 3.29. The smallest absolute Gasteiger partial charge is 0.406 e. The number of alkyl halides is 3. The minimum Gasteiger partial charge on any atom is -0.406 e. The van der Waals surface area contributed by atoms with Gasteiger partial charge in [-0.1, -0.05) is 0 Å². The standard InChI is InChI=1S/C14H15F3N2O3S/c1-10-3-4-11(19(10)2)9-18-23(20,21)13-7-5-12(6-8-13)22-14(15,16)17/h3-8,18H,9H2,1-2H3. The number of benzene rings is 1. The number of nitrogens with one attached hydrogen (secondary N) is 1. The van der Waals surface area contributed by atoms with Gasteiger partial charge in [-0.05, 0) is 43.3 Å². The minimum absolute atomic E-state index is 0.0769. The quantitative estimate of drug-likeness (QED) is 0.904. The molecular weight excluding hydrogens is 333 g/mol. The van der Waals surface area contributed by atoms with Crippen LogP contribution in [0.15, 0.2) is 41.3 Å². The molecule has 23 heavy (non-hydrogen) atoms. The van der Waals surface area contributed by atoms with Crippen molar-refractivity contribution >= 4 is 10.0 Å². The van der Waals surface area contributed by atoms with Crippen molar-refractivity contribution < 1.29 is 26.3 Å². The Labute approximate surface area is 131 Å². The normalized spacial score (nSPS) is 12.4. The first-order valence-electron chi connectivity index (χ1n) is 6.55. The summed E-state index contributed by atoms with van der Waals surface area (Å²) in [5.41, 5.74) is 1.75. The maximum atomic E-state index is 12.1. The molecule has 0 bridgehead atoms. The summed E-state index contributed by atoms with van der Waals surface area (Å²) in [6.07, 6.45) is -4.82. The number of nitrogens with zero attached hydrogens (tertiary/aromatic N) is 1. The van der Waals surface area contributed by atoms with Gasteiger partial charge in [0, 0.05) is 18.4 Å². The van der Waals surface area contributed by atoms with Crippen molar-refractivity contribution in [1.29, 1.82) is 0 Å². The van der Waals surface area contributed by atoms with E-state index in [4.69, 9.17) is 0 Å². The van der Waals surface area contributed by atoms with Gasteiger partial charge >= 0.3 is 6.36 Å². The molecule has 0 aliphatic carbocycles. The van der Waals surface area contributed by atoms with Crippen LogP contribution in [0, 0.1) is 6.92 Å². The maximum Gasteiger partial charge on any atom is 0.573 e. The van der Waals surface area contributed by atoms with Crippen LogP contribution in [0.25, 0.3) is 0 Å². The lowest BCUT2D eigenvalue weighted by Crippen LogP contribution is -2.24. The van der Waals surface area contributed by atoms with Crippen LogP contribution in [0.2, 0.25) is 0 Å². The molecule has 0 unspecified atom stereocenters. The molecule has 1 aromatic heterocycles. The van der Waals surface area contributed by atoms with Crippen molar-refractivity contribution in [3.8, 4) is 5.75 Å². The van der Waals surface area contributed by atoms with Crippen LogP contribution in [-0.4, -0.2) is 19.3 Å². The van der Waals surface area contributed by atoms with E-state index in [2.05, 4.69) is 9.46 Å². The van der Waals surface area contributed by atoms with E-state index in [1.54, 1.807) is 6.07 Å². The molecule has 9 heteroatoms. The fourth-order valence-electron chi connectivity index (χ4n) is 1.92.